The minimum atomic E-state index is -3.61. The van der Waals surface area contributed by atoms with Crippen LogP contribution < -0.4 is 10.0 Å². The normalized spacial score (nSPS) is 11.7. The number of sulfonamides is 1. The Kier molecular flexibility index (Phi) is 6.94. The minimum absolute atomic E-state index is 0.0784. The second kappa shape index (κ2) is 8.21. The number of furan rings is 1. The quantitative estimate of drug-likeness (QED) is 0.502. The van der Waals surface area contributed by atoms with Crippen molar-refractivity contribution in [2.45, 2.75) is 25.5 Å². The van der Waals surface area contributed by atoms with Gasteiger partial charge in [0.25, 0.3) is 10.0 Å². The van der Waals surface area contributed by atoms with Gasteiger partial charge in [-0.25, -0.2) is 13.1 Å². The number of rotatable bonds is 10. The van der Waals surface area contributed by atoms with Crippen LogP contribution in [0.3, 0.4) is 0 Å². The zero-order valence-corrected chi connectivity index (χ0v) is 12.8. The first-order chi connectivity index (χ1) is 9.45. The molecule has 1 aromatic rings. The Hall–Kier alpha value is -1.15. The first-order valence-corrected chi connectivity index (χ1v) is 7.95. The summed E-state index contributed by atoms with van der Waals surface area (Å²) in [6.45, 7) is 9.71. The van der Waals surface area contributed by atoms with E-state index in [4.69, 9.17) is 9.15 Å². The Balaban J connectivity index is 2.43. The lowest BCUT2D eigenvalue weighted by Crippen LogP contribution is -2.27. The van der Waals surface area contributed by atoms with Crippen LogP contribution in [0.4, 0.5) is 0 Å². The van der Waals surface area contributed by atoms with E-state index in [1.54, 1.807) is 6.07 Å². The number of nitrogens with one attached hydrogen (secondary N) is 2. The molecule has 0 aliphatic carbocycles. The summed E-state index contributed by atoms with van der Waals surface area (Å²) < 4.78 is 36.8. The van der Waals surface area contributed by atoms with E-state index in [1.165, 1.54) is 6.07 Å². The molecule has 0 fully saturated rings. The fraction of sp³-hybridized carbons (Fsp3) is 0.538. The maximum Gasteiger partial charge on any atom is 0.274 e. The molecule has 7 heteroatoms. The van der Waals surface area contributed by atoms with Gasteiger partial charge in [0.1, 0.15) is 5.76 Å². The van der Waals surface area contributed by atoms with Crippen LogP contribution >= 0.6 is 0 Å². The molecule has 0 saturated heterocycles. The molecular formula is C13H22N2O4S. The molecule has 1 heterocycles. The van der Waals surface area contributed by atoms with Crippen LogP contribution in [0.15, 0.2) is 33.8 Å². The highest BCUT2D eigenvalue weighted by atomic mass is 32.2. The zero-order chi connectivity index (χ0) is 15.0. The first kappa shape index (κ1) is 16.9. The SMILES string of the molecule is C=C(C)COCCNS(=O)(=O)c1ccc(CNCC)o1. The van der Waals surface area contributed by atoms with Crippen molar-refractivity contribution in [3.63, 3.8) is 0 Å². The molecule has 0 saturated carbocycles. The molecule has 0 bridgehead atoms. The van der Waals surface area contributed by atoms with Crippen molar-refractivity contribution in [2.24, 2.45) is 0 Å². The third-order valence-corrected chi connectivity index (χ3v) is 3.67. The van der Waals surface area contributed by atoms with Crippen LogP contribution in [0.1, 0.15) is 19.6 Å². The van der Waals surface area contributed by atoms with Crippen molar-refractivity contribution in [1.29, 1.82) is 0 Å². The van der Waals surface area contributed by atoms with Gasteiger partial charge in [0.15, 0.2) is 0 Å². The molecule has 0 aromatic carbocycles. The van der Waals surface area contributed by atoms with Gasteiger partial charge in [0.2, 0.25) is 5.09 Å². The molecule has 0 radical (unpaired) electrons. The summed E-state index contributed by atoms with van der Waals surface area (Å²) in [5.74, 6) is 0.589. The highest BCUT2D eigenvalue weighted by molar-refractivity contribution is 7.89. The summed E-state index contributed by atoms with van der Waals surface area (Å²) in [5, 5.41) is 2.98. The fourth-order valence-corrected chi connectivity index (χ4v) is 2.37. The van der Waals surface area contributed by atoms with Crippen molar-refractivity contribution in [1.82, 2.24) is 10.0 Å². The van der Waals surface area contributed by atoms with Crippen molar-refractivity contribution >= 4 is 10.0 Å². The van der Waals surface area contributed by atoms with Gasteiger partial charge in [0.05, 0.1) is 19.8 Å². The molecule has 0 spiro atoms. The van der Waals surface area contributed by atoms with Crippen LogP contribution in [-0.2, 0) is 21.3 Å². The van der Waals surface area contributed by atoms with Gasteiger partial charge in [-0.05, 0) is 25.6 Å². The first-order valence-electron chi connectivity index (χ1n) is 6.47. The van der Waals surface area contributed by atoms with E-state index in [-0.39, 0.29) is 18.2 Å². The number of hydrogen-bond acceptors (Lipinski definition) is 5. The Morgan fingerprint density at radius 1 is 1.45 bits per heavy atom. The lowest BCUT2D eigenvalue weighted by molar-refractivity contribution is 0.162. The third kappa shape index (κ3) is 5.87. The summed E-state index contributed by atoms with van der Waals surface area (Å²) >= 11 is 0. The smallest absolute Gasteiger partial charge is 0.274 e. The predicted molar refractivity (Wildman–Crippen MR) is 76.9 cm³/mol. The van der Waals surface area contributed by atoms with Gasteiger partial charge in [-0.2, -0.15) is 0 Å². The average Bonchev–Trinajstić information content (AvgIpc) is 2.85. The molecule has 20 heavy (non-hydrogen) atoms. The lowest BCUT2D eigenvalue weighted by atomic mass is 10.4. The van der Waals surface area contributed by atoms with Gasteiger partial charge >= 0.3 is 0 Å². The maximum atomic E-state index is 11.9. The van der Waals surface area contributed by atoms with E-state index in [0.29, 0.717) is 18.9 Å². The standard InChI is InChI=1S/C13H22N2O4S/c1-4-14-9-12-5-6-13(19-12)20(16,17)15-7-8-18-10-11(2)3/h5-6,14-15H,2,4,7-10H2,1,3H3. The van der Waals surface area contributed by atoms with E-state index in [0.717, 1.165) is 12.1 Å². The van der Waals surface area contributed by atoms with Gasteiger partial charge in [0, 0.05) is 6.54 Å². The number of hydrogen-bond donors (Lipinski definition) is 2. The highest BCUT2D eigenvalue weighted by Gasteiger charge is 2.17. The highest BCUT2D eigenvalue weighted by Crippen LogP contribution is 2.13. The third-order valence-electron chi connectivity index (χ3n) is 2.34. The summed E-state index contributed by atoms with van der Waals surface area (Å²) in [6, 6.07) is 3.10. The zero-order valence-electron chi connectivity index (χ0n) is 11.9. The summed E-state index contributed by atoms with van der Waals surface area (Å²) in [7, 11) is -3.61. The van der Waals surface area contributed by atoms with Gasteiger partial charge in [-0.1, -0.05) is 19.1 Å². The topological polar surface area (TPSA) is 80.6 Å². The van der Waals surface area contributed by atoms with Crippen LogP contribution in [0, 0.1) is 0 Å². The van der Waals surface area contributed by atoms with E-state index in [1.807, 2.05) is 13.8 Å². The van der Waals surface area contributed by atoms with Gasteiger partial charge in [-0.3, -0.25) is 0 Å². The monoisotopic (exact) mass is 302 g/mol. The van der Waals surface area contributed by atoms with Crippen molar-refractivity contribution in [3.8, 4) is 0 Å². The molecule has 1 aromatic heterocycles. The van der Waals surface area contributed by atoms with E-state index < -0.39 is 10.0 Å². The molecule has 6 nitrogen and oxygen atoms in total. The van der Waals surface area contributed by atoms with E-state index >= 15 is 0 Å². The van der Waals surface area contributed by atoms with Crippen molar-refractivity contribution in [2.75, 3.05) is 26.3 Å². The van der Waals surface area contributed by atoms with Gasteiger partial charge in [-0.15, -0.1) is 0 Å². The lowest BCUT2D eigenvalue weighted by Gasteiger charge is -2.05. The molecular weight excluding hydrogens is 280 g/mol. The Bertz CT molecular complexity index is 522. The fourth-order valence-electron chi connectivity index (χ4n) is 1.41. The van der Waals surface area contributed by atoms with E-state index in [9.17, 15) is 8.42 Å². The van der Waals surface area contributed by atoms with Crippen LogP contribution in [0.2, 0.25) is 0 Å². The Morgan fingerprint density at radius 3 is 2.85 bits per heavy atom. The molecule has 0 aliphatic rings. The van der Waals surface area contributed by atoms with Crippen molar-refractivity contribution in [3.05, 3.63) is 30.0 Å². The Morgan fingerprint density at radius 2 is 2.20 bits per heavy atom. The molecule has 0 aliphatic heterocycles. The second-order valence-corrected chi connectivity index (χ2v) is 6.11. The second-order valence-electron chi connectivity index (χ2n) is 4.41. The molecule has 2 N–H and O–H groups in total. The van der Waals surface area contributed by atoms with Gasteiger partial charge < -0.3 is 14.5 Å². The summed E-state index contributed by atoms with van der Waals surface area (Å²) in [6.07, 6.45) is 0. The molecule has 0 atom stereocenters. The summed E-state index contributed by atoms with van der Waals surface area (Å²) in [4.78, 5) is 0. The predicted octanol–water partition coefficient (Wildman–Crippen LogP) is 1.26. The van der Waals surface area contributed by atoms with Crippen LogP contribution in [-0.4, -0.2) is 34.7 Å². The molecule has 0 amide bonds. The maximum absolute atomic E-state index is 11.9. The molecule has 1 rings (SSSR count). The van der Waals surface area contributed by atoms with Crippen LogP contribution in [0.5, 0.6) is 0 Å². The Labute approximate surface area is 120 Å². The van der Waals surface area contributed by atoms with E-state index in [2.05, 4.69) is 16.6 Å². The summed E-state index contributed by atoms with van der Waals surface area (Å²) in [5.41, 5.74) is 0.895. The largest absolute Gasteiger partial charge is 0.447 e. The average molecular weight is 302 g/mol. The number of ether oxygens (including phenoxy) is 1. The molecule has 114 valence electrons. The minimum Gasteiger partial charge on any atom is -0.447 e. The van der Waals surface area contributed by atoms with Crippen molar-refractivity contribution < 1.29 is 17.6 Å². The molecule has 0 unspecified atom stereocenters. The van der Waals surface area contributed by atoms with Crippen LogP contribution in [0.25, 0.3) is 0 Å².